The van der Waals surface area contributed by atoms with Crippen LogP contribution in [0.2, 0.25) is 0 Å². The van der Waals surface area contributed by atoms with Crippen LogP contribution in [0.4, 0.5) is 0 Å². The molecule has 2 rings (SSSR count). The van der Waals surface area contributed by atoms with Crippen LogP contribution in [0.5, 0.6) is 0 Å². The molecular formula is C13H17N3O2S2. The molecule has 0 saturated carbocycles. The number of pyridine rings is 1. The lowest BCUT2D eigenvalue weighted by Crippen LogP contribution is -2.22. The number of hydrogen-bond donors (Lipinski definition) is 2. The van der Waals surface area contributed by atoms with Crippen LogP contribution in [-0.4, -0.2) is 20.4 Å². The molecule has 0 amide bonds. The van der Waals surface area contributed by atoms with Crippen molar-refractivity contribution in [1.82, 2.24) is 15.0 Å². The van der Waals surface area contributed by atoms with Crippen molar-refractivity contribution in [3.05, 3.63) is 46.6 Å². The highest BCUT2D eigenvalue weighted by Crippen LogP contribution is 2.20. The van der Waals surface area contributed by atoms with E-state index in [1.54, 1.807) is 18.5 Å². The predicted molar refractivity (Wildman–Crippen MR) is 80.1 cm³/mol. The third kappa shape index (κ3) is 3.63. The van der Waals surface area contributed by atoms with E-state index >= 15 is 0 Å². The molecule has 0 saturated heterocycles. The zero-order valence-corrected chi connectivity index (χ0v) is 13.0. The van der Waals surface area contributed by atoms with Gasteiger partial charge in [-0.25, -0.2) is 13.1 Å². The summed E-state index contributed by atoms with van der Waals surface area (Å²) in [4.78, 5) is 3.99. The summed E-state index contributed by atoms with van der Waals surface area (Å²) in [6, 6.07) is 3.52. The molecule has 108 valence electrons. The largest absolute Gasteiger partial charge is 0.316 e. The van der Waals surface area contributed by atoms with Crippen LogP contribution in [0.1, 0.15) is 16.7 Å². The second kappa shape index (κ2) is 6.45. The van der Waals surface area contributed by atoms with Gasteiger partial charge >= 0.3 is 0 Å². The van der Waals surface area contributed by atoms with Gasteiger partial charge in [0.1, 0.15) is 4.21 Å². The number of aryl methyl sites for hydroxylation is 1. The Bertz CT molecular complexity index is 680. The molecular weight excluding hydrogens is 294 g/mol. The van der Waals surface area contributed by atoms with Crippen LogP contribution in [0.25, 0.3) is 0 Å². The van der Waals surface area contributed by atoms with Gasteiger partial charge in [0.05, 0.1) is 0 Å². The van der Waals surface area contributed by atoms with Crippen LogP contribution in [0, 0.1) is 6.92 Å². The standard InChI is InChI=1S/C13H17N3O2S2/c1-10-6-15-4-3-12(10)8-16-20(17,18)13-5-11(7-14-2)9-19-13/h3-6,9,14,16H,7-8H2,1-2H3. The number of thiophene rings is 1. The predicted octanol–water partition coefficient (Wildman–Crippen LogP) is 1.65. The average Bonchev–Trinajstić information content (AvgIpc) is 2.88. The van der Waals surface area contributed by atoms with Crippen molar-refractivity contribution in [2.24, 2.45) is 0 Å². The van der Waals surface area contributed by atoms with E-state index in [0.29, 0.717) is 10.8 Å². The molecule has 2 aromatic rings. The summed E-state index contributed by atoms with van der Waals surface area (Å²) in [5.41, 5.74) is 2.87. The lowest BCUT2D eigenvalue weighted by atomic mass is 10.2. The molecule has 0 atom stereocenters. The van der Waals surface area contributed by atoms with Gasteiger partial charge in [-0.15, -0.1) is 11.3 Å². The maximum absolute atomic E-state index is 12.2. The van der Waals surface area contributed by atoms with Gasteiger partial charge in [0.15, 0.2) is 0 Å². The highest BCUT2D eigenvalue weighted by atomic mass is 32.2. The molecule has 0 aromatic carbocycles. The van der Waals surface area contributed by atoms with Crippen molar-refractivity contribution in [3.8, 4) is 0 Å². The first-order valence-corrected chi connectivity index (χ1v) is 8.50. The molecule has 0 aliphatic heterocycles. The maximum Gasteiger partial charge on any atom is 0.250 e. The Morgan fingerprint density at radius 2 is 2.15 bits per heavy atom. The minimum absolute atomic E-state index is 0.274. The molecule has 0 radical (unpaired) electrons. The van der Waals surface area contributed by atoms with Gasteiger partial charge in [-0.3, -0.25) is 4.98 Å². The molecule has 0 bridgehead atoms. The third-order valence-corrected chi connectivity index (χ3v) is 5.75. The molecule has 2 aromatic heterocycles. The molecule has 5 nitrogen and oxygen atoms in total. The van der Waals surface area contributed by atoms with Gasteiger partial charge in [0.2, 0.25) is 10.0 Å². The summed E-state index contributed by atoms with van der Waals surface area (Å²) < 4.78 is 27.4. The van der Waals surface area contributed by atoms with Crippen LogP contribution >= 0.6 is 11.3 Å². The Kier molecular flexibility index (Phi) is 4.87. The van der Waals surface area contributed by atoms with E-state index < -0.39 is 10.0 Å². The molecule has 2 N–H and O–H groups in total. The number of aromatic nitrogens is 1. The normalized spacial score (nSPS) is 11.7. The first-order valence-electron chi connectivity index (χ1n) is 6.14. The van der Waals surface area contributed by atoms with Gasteiger partial charge in [0.25, 0.3) is 0 Å². The lowest BCUT2D eigenvalue weighted by Gasteiger charge is -2.07. The highest BCUT2D eigenvalue weighted by molar-refractivity contribution is 7.91. The highest BCUT2D eigenvalue weighted by Gasteiger charge is 2.16. The fourth-order valence-corrected chi connectivity index (χ4v) is 4.00. The lowest BCUT2D eigenvalue weighted by molar-refractivity contribution is 0.583. The average molecular weight is 311 g/mol. The SMILES string of the molecule is CNCc1csc(S(=O)(=O)NCc2ccncc2C)c1. The molecule has 0 unspecified atom stereocenters. The summed E-state index contributed by atoms with van der Waals surface area (Å²) in [7, 11) is -1.62. The summed E-state index contributed by atoms with van der Waals surface area (Å²) >= 11 is 1.23. The Morgan fingerprint density at radius 3 is 2.85 bits per heavy atom. The second-order valence-corrected chi connectivity index (χ2v) is 7.34. The van der Waals surface area contributed by atoms with Crippen LogP contribution in [0.3, 0.4) is 0 Å². The molecule has 2 heterocycles. The van der Waals surface area contributed by atoms with Gasteiger partial charge in [-0.1, -0.05) is 0 Å². The van der Waals surface area contributed by atoms with Crippen molar-refractivity contribution in [1.29, 1.82) is 0 Å². The molecule has 0 fully saturated rings. The number of sulfonamides is 1. The van der Waals surface area contributed by atoms with E-state index in [1.165, 1.54) is 11.3 Å². The van der Waals surface area contributed by atoms with E-state index in [1.807, 2.05) is 25.4 Å². The van der Waals surface area contributed by atoms with Crippen molar-refractivity contribution in [2.45, 2.75) is 24.2 Å². The van der Waals surface area contributed by atoms with Crippen molar-refractivity contribution < 1.29 is 8.42 Å². The number of nitrogens with zero attached hydrogens (tertiary/aromatic N) is 1. The number of rotatable bonds is 6. The number of nitrogens with one attached hydrogen (secondary N) is 2. The van der Waals surface area contributed by atoms with Crippen molar-refractivity contribution >= 4 is 21.4 Å². The quantitative estimate of drug-likeness (QED) is 0.851. The minimum Gasteiger partial charge on any atom is -0.316 e. The fourth-order valence-electron chi connectivity index (χ4n) is 1.74. The maximum atomic E-state index is 12.2. The first kappa shape index (κ1) is 15.1. The van der Waals surface area contributed by atoms with Gasteiger partial charge in [-0.2, -0.15) is 0 Å². The van der Waals surface area contributed by atoms with E-state index in [0.717, 1.165) is 16.7 Å². The van der Waals surface area contributed by atoms with E-state index in [2.05, 4.69) is 15.0 Å². The third-order valence-electron chi connectivity index (χ3n) is 2.86. The second-order valence-electron chi connectivity index (χ2n) is 4.43. The van der Waals surface area contributed by atoms with Crippen molar-refractivity contribution in [2.75, 3.05) is 7.05 Å². The van der Waals surface area contributed by atoms with E-state index in [-0.39, 0.29) is 6.54 Å². The molecule has 20 heavy (non-hydrogen) atoms. The van der Waals surface area contributed by atoms with Gasteiger partial charge in [0, 0.05) is 25.5 Å². The molecule has 0 aliphatic rings. The number of hydrogen-bond acceptors (Lipinski definition) is 5. The summed E-state index contributed by atoms with van der Waals surface area (Å²) in [5.74, 6) is 0. The Balaban J connectivity index is 2.09. The monoisotopic (exact) mass is 311 g/mol. The van der Waals surface area contributed by atoms with E-state index in [9.17, 15) is 8.42 Å². The van der Waals surface area contributed by atoms with Gasteiger partial charge in [-0.05, 0) is 48.2 Å². The minimum atomic E-state index is -3.45. The summed E-state index contributed by atoms with van der Waals surface area (Å²) in [5, 5.41) is 4.85. The topological polar surface area (TPSA) is 71.1 Å². The van der Waals surface area contributed by atoms with Crippen LogP contribution in [0.15, 0.2) is 34.1 Å². The van der Waals surface area contributed by atoms with Crippen molar-refractivity contribution in [3.63, 3.8) is 0 Å². The summed E-state index contributed by atoms with van der Waals surface area (Å²) in [6.07, 6.45) is 3.38. The van der Waals surface area contributed by atoms with E-state index in [4.69, 9.17) is 0 Å². The Labute approximate surface area is 123 Å². The van der Waals surface area contributed by atoms with Gasteiger partial charge < -0.3 is 5.32 Å². The molecule has 0 spiro atoms. The molecule has 0 aliphatic carbocycles. The van der Waals surface area contributed by atoms with Crippen LogP contribution in [-0.2, 0) is 23.1 Å². The zero-order valence-electron chi connectivity index (χ0n) is 11.4. The molecule has 7 heteroatoms. The zero-order chi connectivity index (χ0) is 14.6. The van der Waals surface area contributed by atoms with Crippen LogP contribution < -0.4 is 10.0 Å². The fraction of sp³-hybridized carbons (Fsp3) is 0.308. The first-order chi connectivity index (χ1) is 9.53. The Hall–Kier alpha value is -1.28. The smallest absolute Gasteiger partial charge is 0.250 e. The Morgan fingerprint density at radius 1 is 1.35 bits per heavy atom. The summed E-state index contributed by atoms with van der Waals surface area (Å²) in [6.45, 7) is 2.85.